The Morgan fingerprint density at radius 2 is 2.33 bits per heavy atom. The SMILES string of the molecule is C[C@@]12CC=CCC1C(=O)CCC2. The molecule has 1 unspecified atom stereocenters. The van der Waals surface area contributed by atoms with E-state index in [2.05, 4.69) is 19.1 Å². The van der Waals surface area contributed by atoms with Crippen molar-refractivity contribution in [1.29, 1.82) is 0 Å². The largest absolute Gasteiger partial charge is 0.299 e. The molecule has 0 aliphatic heterocycles. The van der Waals surface area contributed by atoms with E-state index < -0.39 is 0 Å². The zero-order chi connectivity index (χ0) is 8.60. The number of carbonyl (C=O) groups excluding carboxylic acids is 1. The zero-order valence-corrected chi connectivity index (χ0v) is 7.68. The first kappa shape index (κ1) is 8.03. The molecule has 0 aromatic rings. The van der Waals surface area contributed by atoms with Crippen LogP contribution in [0.25, 0.3) is 0 Å². The molecule has 0 radical (unpaired) electrons. The summed E-state index contributed by atoms with van der Waals surface area (Å²) in [5, 5.41) is 0. The second-order valence-corrected chi connectivity index (χ2v) is 4.44. The van der Waals surface area contributed by atoms with Gasteiger partial charge in [-0.1, -0.05) is 19.1 Å². The van der Waals surface area contributed by atoms with Crippen LogP contribution in [0.15, 0.2) is 12.2 Å². The van der Waals surface area contributed by atoms with Crippen molar-refractivity contribution in [2.45, 2.75) is 39.0 Å². The molecule has 0 aromatic carbocycles. The average Bonchev–Trinajstić information content (AvgIpc) is 2.04. The molecule has 0 spiro atoms. The monoisotopic (exact) mass is 164 g/mol. The smallest absolute Gasteiger partial charge is 0.136 e. The molecule has 2 rings (SSSR count). The molecule has 1 saturated carbocycles. The van der Waals surface area contributed by atoms with Crippen LogP contribution in [0.4, 0.5) is 0 Å². The standard InChI is InChI=1S/C11H16O/c1-11-7-3-2-5-9(11)10(12)6-4-8-11/h2-3,9H,4-8H2,1H3/t9?,11-/m0/s1. The Morgan fingerprint density at radius 1 is 1.50 bits per heavy atom. The van der Waals surface area contributed by atoms with Crippen LogP contribution in [0.3, 0.4) is 0 Å². The van der Waals surface area contributed by atoms with Crippen molar-refractivity contribution in [3.8, 4) is 0 Å². The number of allylic oxidation sites excluding steroid dienone is 2. The molecular formula is C11H16O. The van der Waals surface area contributed by atoms with E-state index in [1.165, 1.54) is 6.42 Å². The highest BCUT2D eigenvalue weighted by atomic mass is 16.1. The predicted octanol–water partition coefficient (Wildman–Crippen LogP) is 2.71. The third-order valence-corrected chi connectivity index (χ3v) is 3.52. The molecule has 1 fully saturated rings. The van der Waals surface area contributed by atoms with Gasteiger partial charge >= 0.3 is 0 Å². The third kappa shape index (κ3) is 1.12. The van der Waals surface area contributed by atoms with Gasteiger partial charge in [-0.15, -0.1) is 0 Å². The van der Waals surface area contributed by atoms with Crippen LogP contribution in [-0.2, 0) is 4.79 Å². The molecule has 66 valence electrons. The molecule has 1 nitrogen and oxygen atoms in total. The molecule has 0 aromatic heterocycles. The Balaban J connectivity index is 2.25. The van der Waals surface area contributed by atoms with Crippen molar-refractivity contribution in [3.63, 3.8) is 0 Å². The maximum absolute atomic E-state index is 11.6. The van der Waals surface area contributed by atoms with E-state index >= 15 is 0 Å². The van der Waals surface area contributed by atoms with Crippen molar-refractivity contribution < 1.29 is 4.79 Å². The molecular weight excluding hydrogens is 148 g/mol. The van der Waals surface area contributed by atoms with E-state index in [0.717, 1.165) is 25.7 Å². The lowest BCUT2D eigenvalue weighted by atomic mass is 9.62. The fraction of sp³-hybridized carbons (Fsp3) is 0.727. The molecule has 0 N–H and O–H groups in total. The molecule has 1 heteroatoms. The van der Waals surface area contributed by atoms with Crippen LogP contribution in [-0.4, -0.2) is 5.78 Å². The number of carbonyl (C=O) groups is 1. The summed E-state index contributed by atoms with van der Waals surface area (Å²) >= 11 is 0. The summed E-state index contributed by atoms with van der Waals surface area (Å²) in [5.74, 6) is 0.851. The quantitative estimate of drug-likeness (QED) is 0.503. The Morgan fingerprint density at radius 3 is 3.08 bits per heavy atom. The summed E-state index contributed by atoms with van der Waals surface area (Å²) in [5.41, 5.74) is 0.310. The van der Waals surface area contributed by atoms with Gasteiger partial charge < -0.3 is 0 Å². The summed E-state index contributed by atoms with van der Waals surface area (Å²) in [6.45, 7) is 2.28. The maximum atomic E-state index is 11.6. The van der Waals surface area contributed by atoms with Gasteiger partial charge in [0.2, 0.25) is 0 Å². The van der Waals surface area contributed by atoms with E-state index in [4.69, 9.17) is 0 Å². The molecule has 12 heavy (non-hydrogen) atoms. The highest BCUT2D eigenvalue weighted by molar-refractivity contribution is 5.83. The van der Waals surface area contributed by atoms with Crippen LogP contribution in [0.1, 0.15) is 39.0 Å². The Labute approximate surface area is 73.8 Å². The molecule has 0 amide bonds. The highest BCUT2D eigenvalue weighted by Crippen LogP contribution is 2.46. The molecule has 0 bridgehead atoms. The van der Waals surface area contributed by atoms with Crippen molar-refractivity contribution in [2.75, 3.05) is 0 Å². The summed E-state index contributed by atoms with van der Waals surface area (Å²) in [6, 6.07) is 0. The normalized spacial score (nSPS) is 41.1. The van der Waals surface area contributed by atoms with Gasteiger partial charge in [0, 0.05) is 12.3 Å². The van der Waals surface area contributed by atoms with Crippen LogP contribution in [0, 0.1) is 11.3 Å². The fourth-order valence-corrected chi connectivity index (χ4v) is 2.65. The van der Waals surface area contributed by atoms with Gasteiger partial charge in [0.05, 0.1) is 0 Å². The van der Waals surface area contributed by atoms with Gasteiger partial charge in [-0.3, -0.25) is 4.79 Å². The van der Waals surface area contributed by atoms with E-state index in [-0.39, 0.29) is 0 Å². The first-order chi connectivity index (χ1) is 5.72. The van der Waals surface area contributed by atoms with E-state index in [9.17, 15) is 4.79 Å². The summed E-state index contributed by atoms with van der Waals surface area (Å²) in [7, 11) is 0. The van der Waals surface area contributed by atoms with Crippen LogP contribution >= 0.6 is 0 Å². The van der Waals surface area contributed by atoms with E-state index in [1.54, 1.807) is 0 Å². The van der Waals surface area contributed by atoms with E-state index in [0.29, 0.717) is 17.1 Å². The van der Waals surface area contributed by atoms with Crippen molar-refractivity contribution in [2.24, 2.45) is 11.3 Å². The Bertz CT molecular complexity index is 229. The number of ketones is 1. The Hall–Kier alpha value is -0.590. The molecule has 0 heterocycles. The zero-order valence-electron chi connectivity index (χ0n) is 7.68. The van der Waals surface area contributed by atoms with Gasteiger partial charge in [-0.25, -0.2) is 0 Å². The lowest BCUT2D eigenvalue weighted by Crippen LogP contribution is -2.38. The molecule has 2 aliphatic carbocycles. The average molecular weight is 164 g/mol. The summed E-state index contributed by atoms with van der Waals surface area (Å²) < 4.78 is 0. The van der Waals surface area contributed by atoms with Crippen LogP contribution in [0.2, 0.25) is 0 Å². The fourth-order valence-electron chi connectivity index (χ4n) is 2.65. The minimum atomic E-state index is 0.310. The van der Waals surface area contributed by atoms with Crippen molar-refractivity contribution in [3.05, 3.63) is 12.2 Å². The second kappa shape index (κ2) is 2.72. The van der Waals surface area contributed by atoms with Gasteiger partial charge in [-0.05, 0) is 31.1 Å². The van der Waals surface area contributed by atoms with Crippen LogP contribution < -0.4 is 0 Å². The van der Waals surface area contributed by atoms with Gasteiger partial charge in [0.1, 0.15) is 5.78 Å². The molecule has 0 saturated heterocycles. The predicted molar refractivity (Wildman–Crippen MR) is 48.8 cm³/mol. The maximum Gasteiger partial charge on any atom is 0.136 e. The minimum Gasteiger partial charge on any atom is -0.299 e. The Kier molecular flexibility index (Phi) is 1.82. The number of hydrogen-bond acceptors (Lipinski definition) is 1. The first-order valence-electron chi connectivity index (χ1n) is 4.90. The highest BCUT2D eigenvalue weighted by Gasteiger charge is 2.41. The number of Topliss-reactive ketones (excluding diaryl/α,β-unsaturated/α-hetero) is 1. The van der Waals surface area contributed by atoms with Crippen molar-refractivity contribution in [1.82, 2.24) is 0 Å². The third-order valence-electron chi connectivity index (χ3n) is 3.52. The van der Waals surface area contributed by atoms with Gasteiger partial charge in [0.25, 0.3) is 0 Å². The first-order valence-corrected chi connectivity index (χ1v) is 4.90. The lowest BCUT2D eigenvalue weighted by molar-refractivity contribution is -0.130. The number of hydrogen-bond donors (Lipinski definition) is 0. The van der Waals surface area contributed by atoms with Crippen molar-refractivity contribution >= 4 is 5.78 Å². The number of rotatable bonds is 0. The summed E-state index contributed by atoms with van der Waals surface area (Å²) in [6.07, 6.45) is 9.71. The van der Waals surface area contributed by atoms with Gasteiger partial charge in [0.15, 0.2) is 0 Å². The second-order valence-electron chi connectivity index (χ2n) is 4.44. The summed E-state index contributed by atoms with van der Waals surface area (Å²) in [4.78, 5) is 11.6. The molecule has 2 aliphatic rings. The van der Waals surface area contributed by atoms with Crippen LogP contribution in [0.5, 0.6) is 0 Å². The molecule has 2 atom stereocenters. The van der Waals surface area contributed by atoms with Gasteiger partial charge in [-0.2, -0.15) is 0 Å². The number of fused-ring (bicyclic) bond motifs is 1. The minimum absolute atomic E-state index is 0.310. The topological polar surface area (TPSA) is 17.1 Å². The van der Waals surface area contributed by atoms with E-state index in [1.807, 2.05) is 0 Å². The lowest BCUT2D eigenvalue weighted by Gasteiger charge is -2.41.